The molecule has 0 bridgehead atoms. The predicted molar refractivity (Wildman–Crippen MR) is 125 cm³/mol. The molecule has 1 saturated heterocycles. The van der Waals surface area contributed by atoms with E-state index in [-0.39, 0.29) is 5.91 Å². The zero-order chi connectivity index (χ0) is 21.8. The Bertz CT molecular complexity index is 1030. The first kappa shape index (κ1) is 21.0. The molecule has 1 aromatic heterocycles. The minimum atomic E-state index is 0.193. The minimum absolute atomic E-state index is 0.193. The second-order valence-corrected chi connectivity index (χ2v) is 8.42. The van der Waals surface area contributed by atoms with E-state index in [1.54, 1.807) is 0 Å². The summed E-state index contributed by atoms with van der Waals surface area (Å²) in [6.07, 6.45) is 0.461. The molecule has 1 aliphatic heterocycles. The number of amides is 1. The summed E-state index contributed by atoms with van der Waals surface area (Å²) in [7, 11) is 0. The Balaban J connectivity index is 1.53. The Hall–Kier alpha value is -3.21. The fourth-order valence-electron chi connectivity index (χ4n) is 4.25. The van der Waals surface area contributed by atoms with Crippen LogP contribution in [-0.4, -0.2) is 47.0 Å². The number of benzene rings is 2. The molecule has 3 aromatic rings. The van der Waals surface area contributed by atoms with Gasteiger partial charge >= 0.3 is 0 Å². The maximum atomic E-state index is 12.8. The quantitative estimate of drug-likeness (QED) is 0.618. The van der Waals surface area contributed by atoms with Crippen molar-refractivity contribution in [3.8, 4) is 11.4 Å². The van der Waals surface area contributed by atoms with E-state index < -0.39 is 0 Å². The van der Waals surface area contributed by atoms with Gasteiger partial charge in [0, 0.05) is 43.0 Å². The predicted octanol–water partition coefficient (Wildman–Crippen LogP) is 4.47. The molecule has 0 aliphatic carbocycles. The topological polar surface area (TPSA) is 49.3 Å². The number of anilines is 1. The lowest BCUT2D eigenvalue weighted by atomic mass is 10.0. The normalized spacial score (nSPS) is 14.2. The van der Waals surface area contributed by atoms with E-state index in [0.29, 0.717) is 25.4 Å². The van der Waals surface area contributed by atoms with Crippen molar-refractivity contribution >= 4 is 11.7 Å². The van der Waals surface area contributed by atoms with Crippen molar-refractivity contribution in [3.63, 3.8) is 0 Å². The van der Waals surface area contributed by atoms with Crippen molar-refractivity contribution in [2.24, 2.45) is 0 Å². The first-order chi connectivity index (χ1) is 15.0. The monoisotopic (exact) mass is 414 g/mol. The number of aryl methyl sites for hydroxylation is 1. The molecular formula is C26H30N4O. The van der Waals surface area contributed by atoms with E-state index in [1.165, 1.54) is 5.56 Å². The van der Waals surface area contributed by atoms with Gasteiger partial charge in [0.15, 0.2) is 5.82 Å². The third-order valence-electron chi connectivity index (χ3n) is 5.86. The molecule has 5 nitrogen and oxygen atoms in total. The van der Waals surface area contributed by atoms with E-state index in [9.17, 15) is 4.79 Å². The molecule has 1 aliphatic rings. The highest BCUT2D eigenvalue weighted by Crippen LogP contribution is 2.31. The van der Waals surface area contributed by atoms with Gasteiger partial charge in [-0.25, -0.2) is 9.97 Å². The van der Waals surface area contributed by atoms with Gasteiger partial charge in [-0.1, -0.05) is 74.5 Å². The number of nitrogens with zero attached hydrogens (tertiary/aromatic N) is 4. The van der Waals surface area contributed by atoms with E-state index in [1.807, 2.05) is 65.6 Å². The van der Waals surface area contributed by atoms with Gasteiger partial charge in [0.1, 0.15) is 5.82 Å². The first-order valence-corrected chi connectivity index (χ1v) is 11.0. The molecule has 1 amide bonds. The molecule has 0 atom stereocenters. The number of carbonyl (C=O) groups is 1. The lowest BCUT2D eigenvalue weighted by Gasteiger charge is -2.37. The van der Waals surface area contributed by atoms with Gasteiger partial charge in [0.05, 0.1) is 6.42 Å². The van der Waals surface area contributed by atoms with Crippen LogP contribution in [0, 0.1) is 6.92 Å². The molecule has 2 heterocycles. The number of rotatable bonds is 5. The lowest BCUT2D eigenvalue weighted by Crippen LogP contribution is -2.49. The highest BCUT2D eigenvalue weighted by molar-refractivity contribution is 5.79. The summed E-state index contributed by atoms with van der Waals surface area (Å²) in [5.41, 5.74) is 4.32. The lowest BCUT2D eigenvalue weighted by molar-refractivity contribution is -0.130. The van der Waals surface area contributed by atoms with Gasteiger partial charge in [-0.15, -0.1) is 0 Å². The highest BCUT2D eigenvalue weighted by Gasteiger charge is 2.26. The fourth-order valence-corrected chi connectivity index (χ4v) is 4.25. The van der Waals surface area contributed by atoms with E-state index in [0.717, 1.165) is 41.6 Å². The Morgan fingerprint density at radius 3 is 2.13 bits per heavy atom. The molecule has 0 radical (unpaired) electrons. The van der Waals surface area contributed by atoms with Crippen molar-refractivity contribution in [3.05, 3.63) is 77.5 Å². The maximum absolute atomic E-state index is 12.8. The molecule has 0 spiro atoms. The van der Waals surface area contributed by atoms with Gasteiger partial charge in [0.25, 0.3) is 0 Å². The summed E-state index contributed by atoms with van der Waals surface area (Å²) in [4.78, 5) is 26.9. The van der Waals surface area contributed by atoms with Gasteiger partial charge in [-0.2, -0.15) is 0 Å². The van der Waals surface area contributed by atoms with Crippen LogP contribution in [0.2, 0.25) is 0 Å². The zero-order valence-corrected chi connectivity index (χ0v) is 18.6. The largest absolute Gasteiger partial charge is 0.353 e. The fraction of sp³-hybridized carbons (Fsp3) is 0.346. The van der Waals surface area contributed by atoms with Crippen molar-refractivity contribution in [1.29, 1.82) is 0 Å². The smallest absolute Gasteiger partial charge is 0.227 e. The zero-order valence-electron chi connectivity index (χ0n) is 18.6. The Labute approximate surface area is 184 Å². The third-order valence-corrected chi connectivity index (χ3v) is 5.86. The van der Waals surface area contributed by atoms with Crippen molar-refractivity contribution in [1.82, 2.24) is 14.9 Å². The first-order valence-electron chi connectivity index (χ1n) is 11.0. The van der Waals surface area contributed by atoms with E-state index in [4.69, 9.17) is 9.97 Å². The van der Waals surface area contributed by atoms with Crippen LogP contribution in [-0.2, 0) is 11.2 Å². The highest BCUT2D eigenvalue weighted by atomic mass is 16.2. The van der Waals surface area contributed by atoms with Crippen LogP contribution in [0.25, 0.3) is 11.4 Å². The molecule has 0 unspecified atom stereocenters. The van der Waals surface area contributed by atoms with Crippen molar-refractivity contribution < 1.29 is 4.79 Å². The van der Waals surface area contributed by atoms with Crippen LogP contribution in [0.4, 0.5) is 5.82 Å². The summed E-state index contributed by atoms with van der Waals surface area (Å²) in [5, 5.41) is 0. The third kappa shape index (κ3) is 4.76. The average molecular weight is 415 g/mol. The summed E-state index contributed by atoms with van der Waals surface area (Å²) in [5.74, 6) is 2.30. The number of hydrogen-bond acceptors (Lipinski definition) is 4. The SMILES string of the molecule is Cc1nc(-c2ccccc2)nc(N2CCN(C(=O)Cc3ccccc3)CC2)c1C(C)C. The van der Waals surface area contributed by atoms with Crippen LogP contribution in [0.15, 0.2) is 60.7 Å². The van der Waals surface area contributed by atoms with Gasteiger partial charge in [-0.05, 0) is 18.4 Å². The summed E-state index contributed by atoms with van der Waals surface area (Å²) < 4.78 is 0. The number of hydrogen-bond donors (Lipinski definition) is 0. The summed E-state index contributed by atoms with van der Waals surface area (Å²) in [6.45, 7) is 9.45. The maximum Gasteiger partial charge on any atom is 0.227 e. The Kier molecular flexibility index (Phi) is 6.31. The molecule has 5 heteroatoms. The Morgan fingerprint density at radius 1 is 0.903 bits per heavy atom. The minimum Gasteiger partial charge on any atom is -0.353 e. The van der Waals surface area contributed by atoms with Crippen LogP contribution in [0.3, 0.4) is 0 Å². The van der Waals surface area contributed by atoms with Gasteiger partial charge in [0.2, 0.25) is 5.91 Å². The van der Waals surface area contributed by atoms with E-state index >= 15 is 0 Å². The molecular weight excluding hydrogens is 384 g/mol. The second kappa shape index (κ2) is 9.29. The number of piperazine rings is 1. The number of aromatic nitrogens is 2. The molecule has 4 rings (SSSR count). The van der Waals surface area contributed by atoms with Gasteiger partial charge < -0.3 is 9.80 Å². The van der Waals surface area contributed by atoms with E-state index in [2.05, 4.69) is 25.7 Å². The Morgan fingerprint density at radius 2 is 1.52 bits per heavy atom. The molecule has 0 N–H and O–H groups in total. The van der Waals surface area contributed by atoms with Crippen molar-refractivity contribution in [2.45, 2.75) is 33.1 Å². The summed E-state index contributed by atoms with van der Waals surface area (Å²) in [6, 6.07) is 20.1. The van der Waals surface area contributed by atoms with Gasteiger partial charge in [-0.3, -0.25) is 4.79 Å². The standard InChI is InChI=1S/C26H30N4O/c1-19(2)24-20(3)27-25(22-12-8-5-9-13-22)28-26(24)30-16-14-29(15-17-30)23(31)18-21-10-6-4-7-11-21/h4-13,19H,14-18H2,1-3H3. The molecule has 31 heavy (non-hydrogen) atoms. The second-order valence-electron chi connectivity index (χ2n) is 8.42. The van der Waals surface area contributed by atoms with Crippen LogP contribution in [0.5, 0.6) is 0 Å². The number of carbonyl (C=O) groups excluding carboxylic acids is 1. The summed E-state index contributed by atoms with van der Waals surface area (Å²) >= 11 is 0. The van der Waals surface area contributed by atoms with Crippen molar-refractivity contribution in [2.75, 3.05) is 31.1 Å². The molecule has 2 aromatic carbocycles. The molecule has 1 fully saturated rings. The van der Waals surface area contributed by atoms with Crippen LogP contribution >= 0.6 is 0 Å². The van der Waals surface area contributed by atoms with Crippen LogP contribution < -0.4 is 4.90 Å². The molecule has 160 valence electrons. The van der Waals surface area contributed by atoms with Crippen LogP contribution in [0.1, 0.15) is 36.6 Å². The molecule has 0 saturated carbocycles. The average Bonchev–Trinajstić information content (AvgIpc) is 2.79.